The minimum atomic E-state index is 0.161. The molecule has 1 fully saturated rings. The van der Waals surface area contributed by atoms with Crippen molar-refractivity contribution in [3.63, 3.8) is 0 Å². The monoisotopic (exact) mass is 213 g/mol. The molecule has 4 heteroatoms. The molecule has 1 rings (SSSR count). The van der Waals surface area contributed by atoms with Gasteiger partial charge in [-0.15, -0.1) is 0 Å². The molecule has 0 aromatic rings. The molecule has 1 aliphatic rings. The van der Waals surface area contributed by atoms with E-state index in [-0.39, 0.29) is 5.78 Å². The van der Waals surface area contributed by atoms with Gasteiger partial charge < -0.3 is 14.4 Å². The smallest absolute Gasteiger partial charge is 0.162 e. The highest BCUT2D eigenvalue weighted by molar-refractivity contribution is 5.95. The molecule has 0 aromatic carbocycles. The molecule has 1 heterocycles. The zero-order valence-electron chi connectivity index (χ0n) is 9.49. The molecule has 86 valence electrons. The maximum atomic E-state index is 11.7. The van der Waals surface area contributed by atoms with Crippen LogP contribution in [0.4, 0.5) is 0 Å². The summed E-state index contributed by atoms with van der Waals surface area (Å²) in [5, 5.41) is 0. The fraction of sp³-hybridized carbons (Fsp3) is 0.727. The van der Waals surface area contributed by atoms with E-state index in [0.29, 0.717) is 32.8 Å². The summed E-state index contributed by atoms with van der Waals surface area (Å²) in [5.41, 5.74) is 0.752. The van der Waals surface area contributed by atoms with Crippen molar-refractivity contribution < 1.29 is 14.3 Å². The van der Waals surface area contributed by atoms with Gasteiger partial charge in [-0.25, -0.2) is 0 Å². The molecule has 0 spiro atoms. The summed E-state index contributed by atoms with van der Waals surface area (Å²) in [6.45, 7) is 2.20. The topological polar surface area (TPSA) is 38.8 Å². The minimum Gasteiger partial charge on any atom is -0.383 e. The van der Waals surface area contributed by atoms with Gasteiger partial charge in [0.05, 0.1) is 19.8 Å². The summed E-state index contributed by atoms with van der Waals surface area (Å²) in [5.74, 6) is 0.161. The summed E-state index contributed by atoms with van der Waals surface area (Å²) in [7, 11) is 3.81. The van der Waals surface area contributed by atoms with E-state index in [9.17, 15) is 4.79 Å². The first-order chi connectivity index (χ1) is 7.20. The molecule has 4 nitrogen and oxygen atoms in total. The van der Waals surface area contributed by atoms with Gasteiger partial charge in [0.15, 0.2) is 5.78 Å². The van der Waals surface area contributed by atoms with Crippen LogP contribution in [0.25, 0.3) is 0 Å². The summed E-state index contributed by atoms with van der Waals surface area (Å²) in [6, 6.07) is 0. The zero-order valence-corrected chi connectivity index (χ0v) is 9.49. The number of carbonyl (C=O) groups excluding carboxylic acids is 1. The van der Waals surface area contributed by atoms with E-state index in [2.05, 4.69) is 0 Å². The molecule has 0 N–H and O–H groups in total. The Labute approximate surface area is 90.8 Å². The third-order valence-electron chi connectivity index (χ3n) is 2.09. The molecule has 0 saturated carbocycles. The zero-order chi connectivity index (χ0) is 11.1. The van der Waals surface area contributed by atoms with Crippen LogP contribution in [0.2, 0.25) is 0 Å². The lowest BCUT2D eigenvalue weighted by Crippen LogP contribution is -2.18. The molecule has 0 unspecified atom stereocenters. The maximum absolute atomic E-state index is 11.7. The predicted octanol–water partition coefficient (Wildman–Crippen LogP) is 0.828. The van der Waals surface area contributed by atoms with Crippen molar-refractivity contribution in [2.24, 2.45) is 0 Å². The van der Waals surface area contributed by atoms with Gasteiger partial charge in [-0.05, 0) is 6.42 Å². The van der Waals surface area contributed by atoms with Crippen molar-refractivity contribution in [3.05, 3.63) is 11.8 Å². The second kappa shape index (κ2) is 6.58. The van der Waals surface area contributed by atoms with Gasteiger partial charge in [-0.1, -0.05) is 0 Å². The van der Waals surface area contributed by atoms with E-state index in [1.54, 1.807) is 0 Å². The normalized spacial score (nSPS) is 22.8. The molecule has 0 amide bonds. The van der Waals surface area contributed by atoms with Gasteiger partial charge in [0.25, 0.3) is 0 Å². The number of Topliss-reactive ketones (excluding diaryl/α,β-unsaturated/α-hetero) is 1. The number of rotatable bonds is 1. The number of hydrogen-bond acceptors (Lipinski definition) is 4. The van der Waals surface area contributed by atoms with Gasteiger partial charge in [-0.3, -0.25) is 4.79 Å². The van der Waals surface area contributed by atoms with Crippen molar-refractivity contribution >= 4 is 5.78 Å². The van der Waals surface area contributed by atoms with Crippen molar-refractivity contribution in [2.75, 3.05) is 40.5 Å². The third kappa shape index (κ3) is 4.95. The first-order valence-corrected chi connectivity index (χ1v) is 5.26. The Balaban J connectivity index is 2.58. The van der Waals surface area contributed by atoms with Gasteiger partial charge in [-0.2, -0.15) is 0 Å². The number of ether oxygens (including phenoxy) is 2. The highest BCUT2D eigenvalue weighted by atomic mass is 16.5. The standard InChI is InChI=1S/C11H19NO3/c1-12(2)8-10-9-15-7-6-14-5-3-4-11(10)13/h8H,3-7,9H2,1-2H3/b10-8+. The first-order valence-electron chi connectivity index (χ1n) is 5.26. The SMILES string of the molecule is CN(C)/C=C1\COCCOCCCC1=O. The number of carbonyl (C=O) groups is 1. The second-order valence-corrected chi connectivity index (χ2v) is 3.81. The van der Waals surface area contributed by atoms with E-state index < -0.39 is 0 Å². The van der Waals surface area contributed by atoms with Crippen molar-refractivity contribution in [1.29, 1.82) is 0 Å². The maximum Gasteiger partial charge on any atom is 0.162 e. The number of hydrogen-bond donors (Lipinski definition) is 0. The Morgan fingerprint density at radius 1 is 1.20 bits per heavy atom. The number of nitrogens with zero attached hydrogens (tertiary/aromatic N) is 1. The van der Waals surface area contributed by atoms with Crippen LogP contribution in [-0.2, 0) is 14.3 Å². The molecule has 0 bridgehead atoms. The largest absolute Gasteiger partial charge is 0.383 e. The quantitative estimate of drug-likeness (QED) is 0.605. The molecule has 1 aliphatic heterocycles. The van der Waals surface area contributed by atoms with Gasteiger partial charge in [0, 0.05) is 38.9 Å². The highest BCUT2D eigenvalue weighted by Gasteiger charge is 2.11. The van der Waals surface area contributed by atoms with Crippen LogP contribution in [0.1, 0.15) is 12.8 Å². The van der Waals surface area contributed by atoms with Crippen LogP contribution < -0.4 is 0 Å². The minimum absolute atomic E-state index is 0.161. The van der Waals surface area contributed by atoms with Crippen LogP contribution in [0.3, 0.4) is 0 Å². The average Bonchev–Trinajstić information content (AvgIpc) is 2.19. The Bertz CT molecular complexity index is 236. The summed E-state index contributed by atoms with van der Waals surface area (Å²) in [6.07, 6.45) is 3.18. The van der Waals surface area contributed by atoms with Gasteiger partial charge >= 0.3 is 0 Å². The molecular formula is C11H19NO3. The van der Waals surface area contributed by atoms with E-state index in [4.69, 9.17) is 9.47 Å². The van der Waals surface area contributed by atoms with Crippen LogP contribution in [0.15, 0.2) is 11.8 Å². The molecular weight excluding hydrogens is 194 g/mol. The third-order valence-corrected chi connectivity index (χ3v) is 2.09. The fourth-order valence-electron chi connectivity index (χ4n) is 1.40. The average molecular weight is 213 g/mol. The summed E-state index contributed by atoms with van der Waals surface area (Å²) < 4.78 is 10.6. The van der Waals surface area contributed by atoms with Gasteiger partial charge in [0.1, 0.15) is 0 Å². The lowest BCUT2D eigenvalue weighted by atomic mass is 10.1. The Morgan fingerprint density at radius 2 is 1.93 bits per heavy atom. The molecule has 15 heavy (non-hydrogen) atoms. The van der Waals surface area contributed by atoms with E-state index in [0.717, 1.165) is 12.0 Å². The Morgan fingerprint density at radius 3 is 2.67 bits per heavy atom. The molecule has 1 saturated heterocycles. The lowest BCUT2D eigenvalue weighted by molar-refractivity contribution is -0.117. The molecule has 0 atom stereocenters. The van der Waals surface area contributed by atoms with Crippen molar-refractivity contribution in [2.45, 2.75) is 12.8 Å². The molecule has 0 aromatic heterocycles. The summed E-state index contributed by atoms with van der Waals surface area (Å²) in [4.78, 5) is 13.6. The van der Waals surface area contributed by atoms with Crippen molar-refractivity contribution in [3.8, 4) is 0 Å². The highest BCUT2D eigenvalue weighted by Crippen LogP contribution is 2.06. The molecule has 0 aliphatic carbocycles. The van der Waals surface area contributed by atoms with Crippen molar-refractivity contribution in [1.82, 2.24) is 4.90 Å². The molecule has 0 radical (unpaired) electrons. The second-order valence-electron chi connectivity index (χ2n) is 3.81. The van der Waals surface area contributed by atoms with E-state index in [1.165, 1.54) is 0 Å². The lowest BCUT2D eigenvalue weighted by Gasteiger charge is -2.14. The van der Waals surface area contributed by atoms with Crippen LogP contribution in [0, 0.1) is 0 Å². The summed E-state index contributed by atoms with van der Waals surface area (Å²) >= 11 is 0. The van der Waals surface area contributed by atoms with Crippen LogP contribution in [-0.4, -0.2) is 51.2 Å². The Hall–Kier alpha value is -0.870. The van der Waals surface area contributed by atoms with E-state index in [1.807, 2.05) is 25.2 Å². The van der Waals surface area contributed by atoms with E-state index >= 15 is 0 Å². The fourth-order valence-corrected chi connectivity index (χ4v) is 1.40. The van der Waals surface area contributed by atoms with Gasteiger partial charge in [0.2, 0.25) is 0 Å². The van der Waals surface area contributed by atoms with Crippen LogP contribution >= 0.6 is 0 Å². The Kier molecular flexibility index (Phi) is 5.36. The number of ketones is 1. The van der Waals surface area contributed by atoms with Crippen LogP contribution in [0.5, 0.6) is 0 Å². The predicted molar refractivity (Wildman–Crippen MR) is 57.6 cm³/mol. The first kappa shape index (κ1) is 12.2.